The minimum Gasteiger partial charge on any atom is -0.444 e. The predicted molar refractivity (Wildman–Crippen MR) is 157 cm³/mol. The highest BCUT2D eigenvalue weighted by Gasteiger charge is 2.26. The minimum absolute atomic E-state index is 0.0179. The highest BCUT2D eigenvalue weighted by Crippen LogP contribution is 2.30. The summed E-state index contributed by atoms with van der Waals surface area (Å²) in [6.07, 6.45) is 6.61. The van der Waals surface area contributed by atoms with Crippen molar-refractivity contribution in [2.75, 3.05) is 38.1 Å². The molecule has 0 aliphatic carbocycles. The summed E-state index contributed by atoms with van der Waals surface area (Å²) in [4.78, 5) is 29.1. The normalized spacial score (nSPS) is 18.5. The molecule has 1 atom stereocenters. The van der Waals surface area contributed by atoms with Gasteiger partial charge in [0.1, 0.15) is 11.4 Å². The number of imidazole rings is 1. The fourth-order valence-corrected chi connectivity index (χ4v) is 5.35. The first-order chi connectivity index (χ1) is 19.8. The molecule has 5 heterocycles. The van der Waals surface area contributed by atoms with E-state index in [2.05, 4.69) is 37.4 Å². The molecule has 41 heavy (non-hydrogen) atoms. The van der Waals surface area contributed by atoms with Gasteiger partial charge in [-0.25, -0.2) is 19.4 Å². The number of fused-ring (bicyclic) bond motifs is 1. The number of H-pyrrole nitrogens is 1. The van der Waals surface area contributed by atoms with Crippen molar-refractivity contribution >= 4 is 28.9 Å². The van der Waals surface area contributed by atoms with E-state index in [0.717, 1.165) is 79.2 Å². The number of carbonyl (C=O) groups excluding carboxylic acids is 1. The molecule has 2 N–H and O–H groups in total. The zero-order valence-corrected chi connectivity index (χ0v) is 24.0. The van der Waals surface area contributed by atoms with Crippen LogP contribution in [-0.2, 0) is 16.0 Å². The van der Waals surface area contributed by atoms with Gasteiger partial charge in [0.2, 0.25) is 5.95 Å². The summed E-state index contributed by atoms with van der Waals surface area (Å²) in [5, 5.41) is 7.88. The highest BCUT2D eigenvalue weighted by atomic mass is 16.6. The van der Waals surface area contributed by atoms with E-state index in [1.165, 1.54) is 0 Å². The summed E-state index contributed by atoms with van der Waals surface area (Å²) >= 11 is 0. The topological polar surface area (TPSA) is 113 Å². The van der Waals surface area contributed by atoms with Crippen LogP contribution in [0.25, 0.3) is 22.3 Å². The van der Waals surface area contributed by atoms with Crippen molar-refractivity contribution in [2.45, 2.75) is 58.4 Å². The number of anilines is 2. The molecule has 3 aromatic heterocycles. The van der Waals surface area contributed by atoms with E-state index in [-0.39, 0.29) is 12.3 Å². The third kappa shape index (κ3) is 6.52. The Morgan fingerprint density at radius 2 is 1.95 bits per heavy atom. The van der Waals surface area contributed by atoms with Gasteiger partial charge in [0.25, 0.3) is 0 Å². The number of aromatic nitrogens is 5. The van der Waals surface area contributed by atoms with Crippen molar-refractivity contribution in [2.24, 2.45) is 0 Å². The second-order valence-electron chi connectivity index (χ2n) is 11.7. The summed E-state index contributed by atoms with van der Waals surface area (Å²) in [6.45, 7) is 10.1. The average Bonchev–Trinajstić information content (AvgIpc) is 3.60. The van der Waals surface area contributed by atoms with Crippen molar-refractivity contribution in [1.82, 2.24) is 34.5 Å². The Kier molecular flexibility index (Phi) is 7.63. The number of aromatic amines is 1. The van der Waals surface area contributed by atoms with E-state index in [1.807, 2.05) is 62.1 Å². The van der Waals surface area contributed by atoms with Gasteiger partial charge in [-0.05, 0) is 75.9 Å². The maximum Gasteiger partial charge on any atom is 0.410 e. The predicted octanol–water partition coefficient (Wildman–Crippen LogP) is 5.32. The zero-order valence-electron chi connectivity index (χ0n) is 24.0. The van der Waals surface area contributed by atoms with E-state index >= 15 is 0 Å². The number of ether oxygens (including phenoxy) is 2. The second kappa shape index (κ2) is 11.5. The van der Waals surface area contributed by atoms with E-state index in [1.54, 1.807) is 4.90 Å². The number of piperazine rings is 1. The van der Waals surface area contributed by atoms with E-state index in [9.17, 15) is 4.79 Å². The molecule has 0 spiro atoms. The molecular formula is C30H38N8O3. The molecule has 2 aliphatic rings. The highest BCUT2D eigenvalue weighted by molar-refractivity contribution is 5.83. The van der Waals surface area contributed by atoms with Crippen LogP contribution in [0.5, 0.6) is 0 Å². The fraction of sp³-hybridized carbons (Fsp3) is 0.467. The van der Waals surface area contributed by atoms with Crippen LogP contribution in [0, 0.1) is 0 Å². The van der Waals surface area contributed by atoms with Gasteiger partial charge in [-0.3, -0.25) is 4.90 Å². The largest absolute Gasteiger partial charge is 0.444 e. The maximum atomic E-state index is 12.4. The van der Waals surface area contributed by atoms with E-state index in [4.69, 9.17) is 14.5 Å². The Hall–Kier alpha value is -3.96. The molecule has 2 fully saturated rings. The molecule has 216 valence electrons. The van der Waals surface area contributed by atoms with Gasteiger partial charge in [-0.15, -0.1) is 0 Å². The Morgan fingerprint density at radius 3 is 2.73 bits per heavy atom. The molecule has 0 bridgehead atoms. The summed E-state index contributed by atoms with van der Waals surface area (Å²) in [5.74, 6) is 1.36. The third-order valence-electron chi connectivity index (χ3n) is 7.38. The number of hydrogen-bond donors (Lipinski definition) is 2. The first-order valence-electron chi connectivity index (χ1n) is 14.4. The quantitative estimate of drug-likeness (QED) is 0.327. The smallest absolute Gasteiger partial charge is 0.410 e. The van der Waals surface area contributed by atoms with Crippen LogP contribution in [0.3, 0.4) is 0 Å². The minimum atomic E-state index is -0.482. The number of nitrogens with one attached hydrogen (secondary N) is 2. The Bertz CT molecular complexity index is 1490. The maximum absolute atomic E-state index is 12.4. The number of pyridine rings is 1. The third-order valence-corrected chi connectivity index (χ3v) is 7.38. The lowest BCUT2D eigenvalue weighted by molar-refractivity contribution is -0.0383. The number of nitrogens with zero attached hydrogens (tertiary/aromatic N) is 6. The van der Waals surface area contributed by atoms with Crippen molar-refractivity contribution in [1.29, 1.82) is 0 Å². The Labute approximate surface area is 239 Å². The van der Waals surface area contributed by atoms with Crippen LogP contribution < -0.4 is 5.32 Å². The lowest BCUT2D eigenvalue weighted by atomic mass is 10.1. The molecule has 1 unspecified atom stereocenters. The molecule has 0 saturated carbocycles. The lowest BCUT2D eigenvalue weighted by Gasteiger charge is -2.35. The number of hydrogen-bond acceptors (Lipinski definition) is 8. The van der Waals surface area contributed by atoms with Crippen LogP contribution in [0.1, 0.15) is 51.8 Å². The molecule has 6 rings (SSSR count). The van der Waals surface area contributed by atoms with Crippen LogP contribution in [0.2, 0.25) is 0 Å². The molecule has 1 amide bonds. The monoisotopic (exact) mass is 558 g/mol. The molecular weight excluding hydrogens is 520 g/mol. The van der Waals surface area contributed by atoms with Crippen molar-refractivity contribution in [3.05, 3.63) is 54.4 Å². The second-order valence-corrected chi connectivity index (χ2v) is 11.7. The Morgan fingerprint density at radius 1 is 1.10 bits per heavy atom. The molecule has 11 heteroatoms. The molecule has 11 nitrogen and oxygen atoms in total. The molecule has 0 radical (unpaired) electrons. The molecule has 1 aromatic carbocycles. The van der Waals surface area contributed by atoms with Crippen molar-refractivity contribution in [3.63, 3.8) is 0 Å². The molecule has 2 saturated heterocycles. The van der Waals surface area contributed by atoms with Gasteiger partial charge in [0, 0.05) is 57.3 Å². The standard InChI is InChI=1S/C30H38N8O3/c1-30(2,3)41-29(39)37-15-13-36(14-16-37)20-21-9-11-31-26(18-21)35-28-33-23-8-7-22(19-24(23)34-28)25-10-12-32-38(25)27-6-4-5-17-40-27/h7-12,18-19,27H,4-6,13-17,20H2,1-3H3,(H2,31,33,34,35). The van der Waals surface area contributed by atoms with Crippen molar-refractivity contribution in [3.8, 4) is 11.3 Å². The number of carbonyl (C=O) groups is 1. The molecule has 2 aliphatic heterocycles. The molecule has 4 aromatic rings. The van der Waals surface area contributed by atoms with Gasteiger partial charge < -0.3 is 24.7 Å². The van der Waals surface area contributed by atoms with Crippen LogP contribution in [-0.4, -0.2) is 79.0 Å². The number of benzene rings is 1. The van der Waals surface area contributed by atoms with Crippen LogP contribution in [0.15, 0.2) is 48.8 Å². The summed E-state index contributed by atoms with van der Waals surface area (Å²) < 4.78 is 13.5. The first kappa shape index (κ1) is 27.2. The summed E-state index contributed by atoms with van der Waals surface area (Å²) in [5.41, 5.74) is 4.56. The SMILES string of the molecule is CC(C)(C)OC(=O)N1CCN(Cc2ccnc(Nc3nc4ccc(-c5ccnn5C5CCCCO5)cc4[nH]3)c2)CC1. The van der Waals surface area contributed by atoms with Gasteiger partial charge >= 0.3 is 6.09 Å². The van der Waals surface area contributed by atoms with Gasteiger partial charge in [-0.2, -0.15) is 5.10 Å². The van der Waals surface area contributed by atoms with Gasteiger partial charge in [0.15, 0.2) is 6.23 Å². The number of rotatable bonds is 6. The van der Waals surface area contributed by atoms with Crippen molar-refractivity contribution < 1.29 is 14.3 Å². The van der Waals surface area contributed by atoms with Gasteiger partial charge in [-0.1, -0.05) is 6.07 Å². The lowest BCUT2D eigenvalue weighted by Crippen LogP contribution is -2.49. The Balaban J connectivity index is 1.09. The zero-order chi connectivity index (χ0) is 28.4. The summed E-state index contributed by atoms with van der Waals surface area (Å²) in [6, 6.07) is 12.3. The first-order valence-corrected chi connectivity index (χ1v) is 14.4. The summed E-state index contributed by atoms with van der Waals surface area (Å²) in [7, 11) is 0. The van der Waals surface area contributed by atoms with Gasteiger partial charge in [0.05, 0.1) is 16.7 Å². The van der Waals surface area contributed by atoms with Crippen LogP contribution >= 0.6 is 0 Å². The van der Waals surface area contributed by atoms with E-state index in [0.29, 0.717) is 19.0 Å². The number of amides is 1. The fourth-order valence-electron chi connectivity index (χ4n) is 5.35. The average molecular weight is 559 g/mol. The van der Waals surface area contributed by atoms with E-state index < -0.39 is 5.60 Å². The van der Waals surface area contributed by atoms with Crippen LogP contribution in [0.4, 0.5) is 16.6 Å².